The highest BCUT2D eigenvalue weighted by atomic mass is 16.5. The summed E-state index contributed by atoms with van der Waals surface area (Å²) in [5, 5.41) is 0. The van der Waals surface area contributed by atoms with Crippen molar-refractivity contribution in [1.82, 2.24) is 9.80 Å². The second-order valence-corrected chi connectivity index (χ2v) is 6.18. The first-order chi connectivity index (χ1) is 10.2. The minimum absolute atomic E-state index is 0.624. The van der Waals surface area contributed by atoms with Crippen LogP contribution in [0.1, 0.15) is 25.3 Å². The van der Waals surface area contributed by atoms with Crippen LogP contribution in [0.3, 0.4) is 0 Å². The number of piperazine rings is 1. The maximum atomic E-state index is 5.38. The van der Waals surface area contributed by atoms with E-state index < -0.39 is 0 Å². The molecule has 2 saturated heterocycles. The molecule has 0 radical (unpaired) electrons. The van der Waals surface area contributed by atoms with E-state index in [-0.39, 0.29) is 0 Å². The smallest absolute Gasteiger partial charge is 0.122 e. The van der Waals surface area contributed by atoms with E-state index >= 15 is 0 Å². The number of ether oxygens (including phenoxy) is 2. The zero-order valence-electron chi connectivity index (χ0n) is 13.3. The maximum Gasteiger partial charge on any atom is 0.122 e. The fourth-order valence-electron chi connectivity index (χ4n) is 3.79. The summed E-state index contributed by atoms with van der Waals surface area (Å²) in [4.78, 5) is 5.26. The normalized spacial score (nSPS) is 26.6. The van der Waals surface area contributed by atoms with Crippen molar-refractivity contribution in [3.8, 4) is 11.5 Å². The Balaban J connectivity index is 1.73. The van der Waals surface area contributed by atoms with Gasteiger partial charge in [-0.1, -0.05) is 0 Å². The van der Waals surface area contributed by atoms with Gasteiger partial charge >= 0.3 is 0 Å². The van der Waals surface area contributed by atoms with Gasteiger partial charge in [-0.15, -0.1) is 0 Å². The molecule has 1 aromatic carbocycles. The van der Waals surface area contributed by atoms with E-state index in [2.05, 4.69) is 28.9 Å². The molecule has 0 aromatic heterocycles. The van der Waals surface area contributed by atoms with Gasteiger partial charge in [0, 0.05) is 37.8 Å². The van der Waals surface area contributed by atoms with Gasteiger partial charge in [0.25, 0.3) is 0 Å². The van der Waals surface area contributed by atoms with Crippen molar-refractivity contribution in [2.45, 2.75) is 38.4 Å². The average Bonchev–Trinajstić information content (AvgIpc) is 2.99. The van der Waals surface area contributed by atoms with Crippen molar-refractivity contribution >= 4 is 0 Å². The van der Waals surface area contributed by atoms with Crippen LogP contribution < -0.4 is 9.47 Å². The van der Waals surface area contributed by atoms with Crippen LogP contribution in [0.4, 0.5) is 0 Å². The number of hydrogen-bond donors (Lipinski definition) is 0. The lowest BCUT2D eigenvalue weighted by Gasteiger charge is -2.43. The Labute approximate surface area is 127 Å². The first-order valence-electron chi connectivity index (χ1n) is 7.91. The molecule has 21 heavy (non-hydrogen) atoms. The van der Waals surface area contributed by atoms with Crippen LogP contribution >= 0.6 is 0 Å². The topological polar surface area (TPSA) is 24.9 Å². The van der Waals surface area contributed by atoms with Gasteiger partial charge in [-0.2, -0.15) is 0 Å². The quantitative estimate of drug-likeness (QED) is 0.850. The van der Waals surface area contributed by atoms with Crippen LogP contribution in [0.5, 0.6) is 11.5 Å². The van der Waals surface area contributed by atoms with Gasteiger partial charge in [0.05, 0.1) is 14.2 Å². The Morgan fingerprint density at radius 3 is 2.43 bits per heavy atom. The van der Waals surface area contributed by atoms with E-state index in [0.29, 0.717) is 6.04 Å². The molecule has 0 spiro atoms. The third-order valence-corrected chi connectivity index (χ3v) is 5.02. The lowest BCUT2D eigenvalue weighted by Crippen LogP contribution is -2.55. The number of fused-ring (bicyclic) bond motifs is 1. The predicted octanol–water partition coefficient (Wildman–Crippen LogP) is 2.37. The summed E-state index contributed by atoms with van der Waals surface area (Å²) >= 11 is 0. The molecular weight excluding hydrogens is 264 g/mol. The molecule has 4 heteroatoms. The molecule has 1 aromatic rings. The van der Waals surface area contributed by atoms with Gasteiger partial charge in [-0.05, 0) is 44.0 Å². The fourth-order valence-corrected chi connectivity index (χ4v) is 3.79. The Bertz CT molecular complexity index is 469. The molecule has 2 fully saturated rings. The van der Waals surface area contributed by atoms with E-state index in [9.17, 15) is 0 Å². The molecule has 2 atom stereocenters. The molecule has 0 amide bonds. The van der Waals surface area contributed by atoms with Crippen molar-refractivity contribution in [1.29, 1.82) is 0 Å². The number of benzene rings is 1. The van der Waals surface area contributed by atoms with Gasteiger partial charge < -0.3 is 9.47 Å². The Morgan fingerprint density at radius 1 is 1.05 bits per heavy atom. The summed E-state index contributed by atoms with van der Waals surface area (Å²) < 4.78 is 10.8. The summed E-state index contributed by atoms with van der Waals surface area (Å²) in [5.41, 5.74) is 1.27. The summed E-state index contributed by atoms with van der Waals surface area (Å²) in [6.45, 7) is 6.99. The molecular formula is C17H26N2O2. The minimum atomic E-state index is 0.624. The first-order valence-corrected chi connectivity index (χ1v) is 7.91. The summed E-state index contributed by atoms with van der Waals surface area (Å²) in [6, 6.07) is 7.54. The Morgan fingerprint density at radius 2 is 1.76 bits per heavy atom. The molecule has 3 rings (SSSR count). The number of methoxy groups -OCH3 is 2. The first kappa shape index (κ1) is 14.7. The highest BCUT2D eigenvalue weighted by Crippen LogP contribution is 2.29. The van der Waals surface area contributed by atoms with Crippen LogP contribution in [0, 0.1) is 0 Å². The molecule has 116 valence electrons. The SMILES string of the molecule is COc1cc(CN2CCN3CCCC3C2C)cc(OC)c1. The van der Waals surface area contributed by atoms with E-state index in [1.807, 2.05) is 6.07 Å². The fraction of sp³-hybridized carbons (Fsp3) is 0.647. The van der Waals surface area contributed by atoms with Crippen LogP contribution in [-0.4, -0.2) is 55.7 Å². The van der Waals surface area contributed by atoms with Gasteiger partial charge in [-0.25, -0.2) is 0 Å². The maximum absolute atomic E-state index is 5.38. The second kappa shape index (κ2) is 6.24. The number of nitrogens with zero attached hydrogens (tertiary/aromatic N) is 2. The highest BCUT2D eigenvalue weighted by molar-refractivity contribution is 5.38. The average molecular weight is 290 g/mol. The monoisotopic (exact) mass is 290 g/mol. The summed E-state index contributed by atoms with van der Waals surface area (Å²) in [5.74, 6) is 1.74. The van der Waals surface area contributed by atoms with E-state index in [1.54, 1.807) is 14.2 Å². The molecule has 2 aliphatic rings. The van der Waals surface area contributed by atoms with Crippen LogP contribution in [0.2, 0.25) is 0 Å². The number of hydrogen-bond acceptors (Lipinski definition) is 4. The van der Waals surface area contributed by atoms with E-state index in [1.165, 1.54) is 31.5 Å². The highest BCUT2D eigenvalue weighted by Gasteiger charge is 2.36. The molecule has 0 saturated carbocycles. The molecule has 0 aliphatic carbocycles. The molecule has 0 bridgehead atoms. The van der Waals surface area contributed by atoms with Crippen LogP contribution in [0.15, 0.2) is 18.2 Å². The zero-order valence-corrected chi connectivity index (χ0v) is 13.3. The van der Waals surface area contributed by atoms with Crippen LogP contribution in [0.25, 0.3) is 0 Å². The summed E-state index contributed by atoms with van der Waals surface area (Å²) in [7, 11) is 3.41. The predicted molar refractivity (Wildman–Crippen MR) is 84.0 cm³/mol. The minimum Gasteiger partial charge on any atom is -0.497 e. The van der Waals surface area contributed by atoms with E-state index in [0.717, 1.165) is 30.6 Å². The van der Waals surface area contributed by atoms with Crippen molar-refractivity contribution < 1.29 is 9.47 Å². The standard InChI is InChI=1S/C17H26N2O2/c1-13-17-5-4-6-18(17)7-8-19(13)12-14-9-15(20-2)11-16(10-14)21-3/h9-11,13,17H,4-8,12H2,1-3H3. The molecule has 0 N–H and O–H groups in total. The molecule has 2 unspecified atom stereocenters. The van der Waals surface area contributed by atoms with Gasteiger partial charge in [-0.3, -0.25) is 9.80 Å². The third kappa shape index (κ3) is 3.01. The number of rotatable bonds is 4. The zero-order chi connectivity index (χ0) is 14.8. The summed E-state index contributed by atoms with van der Waals surface area (Å²) in [6.07, 6.45) is 2.70. The lowest BCUT2D eigenvalue weighted by atomic mass is 10.0. The second-order valence-electron chi connectivity index (χ2n) is 6.18. The van der Waals surface area contributed by atoms with Gasteiger partial charge in [0.2, 0.25) is 0 Å². The van der Waals surface area contributed by atoms with Gasteiger partial charge in [0.15, 0.2) is 0 Å². The largest absolute Gasteiger partial charge is 0.497 e. The molecule has 2 aliphatic heterocycles. The Kier molecular flexibility index (Phi) is 4.36. The third-order valence-electron chi connectivity index (χ3n) is 5.02. The lowest BCUT2D eigenvalue weighted by molar-refractivity contribution is 0.0470. The Hall–Kier alpha value is -1.26. The van der Waals surface area contributed by atoms with Crippen molar-refractivity contribution in [3.63, 3.8) is 0 Å². The van der Waals surface area contributed by atoms with Crippen LogP contribution in [-0.2, 0) is 6.54 Å². The van der Waals surface area contributed by atoms with Crippen molar-refractivity contribution in [3.05, 3.63) is 23.8 Å². The van der Waals surface area contributed by atoms with Crippen molar-refractivity contribution in [2.75, 3.05) is 33.9 Å². The molecule has 4 nitrogen and oxygen atoms in total. The van der Waals surface area contributed by atoms with Gasteiger partial charge in [0.1, 0.15) is 11.5 Å². The van der Waals surface area contributed by atoms with Crippen molar-refractivity contribution in [2.24, 2.45) is 0 Å². The molecule has 2 heterocycles. The van der Waals surface area contributed by atoms with E-state index in [4.69, 9.17) is 9.47 Å².